The van der Waals surface area contributed by atoms with Crippen molar-refractivity contribution in [2.45, 2.75) is 116 Å². The van der Waals surface area contributed by atoms with Gasteiger partial charge in [0.15, 0.2) is 0 Å². The van der Waals surface area contributed by atoms with Crippen LogP contribution < -0.4 is 5.32 Å². The second-order valence-electron chi connectivity index (χ2n) is 8.19. The van der Waals surface area contributed by atoms with Gasteiger partial charge in [0.2, 0.25) is 6.41 Å². The Morgan fingerprint density at radius 2 is 1.66 bits per heavy atom. The molecule has 0 aromatic rings. The van der Waals surface area contributed by atoms with E-state index in [9.17, 15) is 14.4 Å². The molecule has 0 aliphatic carbocycles. The van der Waals surface area contributed by atoms with E-state index < -0.39 is 5.97 Å². The number of hydrogen-bond donors (Lipinski definition) is 1. The highest BCUT2D eigenvalue weighted by molar-refractivity contribution is 5.78. The topological polar surface area (TPSA) is 81.7 Å². The molecule has 0 aromatic heterocycles. The minimum absolute atomic E-state index is 0.0626. The molecule has 29 heavy (non-hydrogen) atoms. The number of carbonyl (C=O) groups excluding carboxylic acids is 3. The van der Waals surface area contributed by atoms with Gasteiger partial charge in [-0.2, -0.15) is 0 Å². The van der Waals surface area contributed by atoms with Crippen LogP contribution in [0.2, 0.25) is 0 Å². The SMILES string of the molecule is CCCCCCCCCCC[C@H](CC1OC(=O)[C@@H]1CCCC)OC(=O)CNC=O. The lowest BCUT2D eigenvalue weighted by Gasteiger charge is -2.37. The molecule has 0 aromatic carbocycles. The van der Waals surface area contributed by atoms with Crippen LogP contribution in [0.4, 0.5) is 0 Å². The number of hydrogen-bond acceptors (Lipinski definition) is 5. The van der Waals surface area contributed by atoms with Gasteiger partial charge in [0.25, 0.3) is 0 Å². The van der Waals surface area contributed by atoms with E-state index >= 15 is 0 Å². The molecule has 3 atom stereocenters. The molecule has 0 bridgehead atoms. The van der Waals surface area contributed by atoms with Crippen LogP contribution in [-0.4, -0.2) is 37.1 Å². The summed E-state index contributed by atoms with van der Waals surface area (Å²) in [5.74, 6) is -0.625. The highest BCUT2D eigenvalue weighted by Crippen LogP contribution is 2.32. The number of rotatable bonds is 19. The predicted molar refractivity (Wildman–Crippen MR) is 113 cm³/mol. The Morgan fingerprint density at radius 1 is 1.03 bits per heavy atom. The lowest BCUT2D eigenvalue weighted by Crippen LogP contribution is -2.47. The Hall–Kier alpha value is -1.59. The summed E-state index contributed by atoms with van der Waals surface area (Å²) in [7, 11) is 0. The van der Waals surface area contributed by atoms with Crippen molar-refractivity contribution in [2.75, 3.05) is 6.54 Å². The Balaban J connectivity index is 2.34. The quantitative estimate of drug-likeness (QED) is 0.189. The van der Waals surface area contributed by atoms with E-state index in [0.717, 1.165) is 38.5 Å². The van der Waals surface area contributed by atoms with Gasteiger partial charge in [-0.15, -0.1) is 0 Å². The largest absolute Gasteiger partial charge is 0.461 e. The van der Waals surface area contributed by atoms with Gasteiger partial charge in [-0.25, -0.2) is 0 Å². The zero-order valence-corrected chi connectivity index (χ0v) is 18.5. The average Bonchev–Trinajstić information content (AvgIpc) is 2.70. The number of ether oxygens (including phenoxy) is 2. The summed E-state index contributed by atoms with van der Waals surface area (Å²) in [6, 6.07) is 0. The molecule has 1 saturated heterocycles. The number of unbranched alkanes of at least 4 members (excludes halogenated alkanes) is 9. The van der Waals surface area contributed by atoms with Crippen molar-refractivity contribution in [1.29, 1.82) is 0 Å². The fourth-order valence-corrected chi connectivity index (χ4v) is 3.86. The van der Waals surface area contributed by atoms with Gasteiger partial charge in [0, 0.05) is 6.42 Å². The number of nitrogens with one attached hydrogen (secondary N) is 1. The van der Waals surface area contributed by atoms with Crippen molar-refractivity contribution in [1.82, 2.24) is 5.32 Å². The fourth-order valence-electron chi connectivity index (χ4n) is 3.86. The molecule has 0 saturated carbocycles. The molecule has 0 spiro atoms. The molecule has 1 rings (SSSR count). The van der Waals surface area contributed by atoms with Gasteiger partial charge in [-0.3, -0.25) is 14.4 Å². The van der Waals surface area contributed by atoms with Crippen LogP contribution in [-0.2, 0) is 23.9 Å². The molecule has 1 aliphatic rings. The number of esters is 2. The van der Waals surface area contributed by atoms with Crippen LogP contribution in [0.5, 0.6) is 0 Å². The van der Waals surface area contributed by atoms with Crippen molar-refractivity contribution < 1.29 is 23.9 Å². The third-order valence-electron chi connectivity index (χ3n) is 5.64. The number of amides is 1. The molecular formula is C23H41NO5. The summed E-state index contributed by atoms with van der Waals surface area (Å²) < 4.78 is 10.9. The maximum absolute atomic E-state index is 11.9. The van der Waals surface area contributed by atoms with Crippen LogP contribution in [0, 0.1) is 5.92 Å². The fraction of sp³-hybridized carbons (Fsp3) is 0.870. The molecule has 6 heteroatoms. The van der Waals surface area contributed by atoms with E-state index in [0.29, 0.717) is 12.8 Å². The molecule has 6 nitrogen and oxygen atoms in total. The molecule has 0 radical (unpaired) electrons. The molecular weight excluding hydrogens is 370 g/mol. The predicted octanol–water partition coefficient (Wildman–Crippen LogP) is 4.69. The number of carbonyl (C=O) groups is 3. The van der Waals surface area contributed by atoms with Crippen LogP contribution >= 0.6 is 0 Å². The molecule has 1 unspecified atom stereocenters. The van der Waals surface area contributed by atoms with Gasteiger partial charge < -0.3 is 14.8 Å². The Kier molecular flexibility index (Phi) is 14.2. The lowest BCUT2D eigenvalue weighted by molar-refractivity contribution is -0.190. The summed E-state index contributed by atoms with van der Waals surface area (Å²) in [6.07, 6.45) is 15.5. The van der Waals surface area contributed by atoms with Crippen LogP contribution in [0.3, 0.4) is 0 Å². The van der Waals surface area contributed by atoms with Gasteiger partial charge in [-0.1, -0.05) is 78.1 Å². The standard InChI is InChI=1S/C23H41NO5/c1-3-5-7-8-9-10-11-12-13-14-19(28-22(26)17-24-18-25)16-21-20(15-6-4-2)23(27)29-21/h18-21H,3-17H2,1-2H3,(H,24,25)/t19-,20-,21?/m1/s1. The van der Waals surface area contributed by atoms with Crippen molar-refractivity contribution in [3.63, 3.8) is 0 Å². The summed E-state index contributed by atoms with van der Waals surface area (Å²) >= 11 is 0. The first-order valence-corrected chi connectivity index (χ1v) is 11.7. The summed E-state index contributed by atoms with van der Waals surface area (Å²) in [5, 5.41) is 2.34. The first-order valence-electron chi connectivity index (χ1n) is 11.7. The van der Waals surface area contributed by atoms with Gasteiger partial charge in [-0.05, 0) is 19.3 Å². The molecule has 1 N–H and O–H groups in total. The van der Waals surface area contributed by atoms with Gasteiger partial charge >= 0.3 is 11.9 Å². The smallest absolute Gasteiger partial charge is 0.325 e. The van der Waals surface area contributed by atoms with E-state index in [-0.39, 0.29) is 30.6 Å². The maximum Gasteiger partial charge on any atom is 0.325 e. The Bertz CT molecular complexity index is 468. The third-order valence-corrected chi connectivity index (χ3v) is 5.64. The molecule has 168 valence electrons. The second kappa shape index (κ2) is 16.2. The summed E-state index contributed by atoms with van der Waals surface area (Å²) in [4.78, 5) is 34.1. The molecule has 1 aliphatic heterocycles. The third kappa shape index (κ3) is 11.2. The Labute approximate surface area is 176 Å². The number of cyclic esters (lactones) is 1. The van der Waals surface area contributed by atoms with Crippen molar-refractivity contribution in [2.24, 2.45) is 5.92 Å². The summed E-state index contributed by atoms with van der Waals surface area (Å²) in [6.45, 7) is 4.21. The van der Waals surface area contributed by atoms with Crippen LogP contribution in [0.25, 0.3) is 0 Å². The highest BCUT2D eigenvalue weighted by atomic mass is 16.6. The van der Waals surface area contributed by atoms with Crippen LogP contribution in [0.1, 0.15) is 104 Å². The van der Waals surface area contributed by atoms with Gasteiger partial charge in [0.1, 0.15) is 18.8 Å². The molecule has 1 amide bonds. The average molecular weight is 412 g/mol. The van der Waals surface area contributed by atoms with E-state index in [2.05, 4.69) is 19.2 Å². The normalized spacial score (nSPS) is 19.2. The Morgan fingerprint density at radius 3 is 2.24 bits per heavy atom. The van der Waals surface area contributed by atoms with Crippen molar-refractivity contribution >= 4 is 18.3 Å². The highest BCUT2D eigenvalue weighted by Gasteiger charge is 2.43. The van der Waals surface area contributed by atoms with E-state index in [4.69, 9.17) is 9.47 Å². The zero-order chi connectivity index (χ0) is 21.3. The lowest BCUT2D eigenvalue weighted by atomic mass is 9.87. The maximum atomic E-state index is 11.9. The van der Waals surface area contributed by atoms with Crippen LogP contribution in [0.15, 0.2) is 0 Å². The second-order valence-corrected chi connectivity index (χ2v) is 8.19. The van der Waals surface area contributed by atoms with E-state index in [1.54, 1.807) is 0 Å². The van der Waals surface area contributed by atoms with Crippen molar-refractivity contribution in [3.05, 3.63) is 0 Å². The first kappa shape index (κ1) is 25.4. The molecule has 1 heterocycles. The first-order chi connectivity index (χ1) is 14.1. The van der Waals surface area contributed by atoms with Crippen molar-refractivity contribution in [3.8, 4) is 0 Å². The molecule has 1 fully saturated rings. The van der Waals surface area contributed by atoms with Gasteiger partial charge in [0.05, 0.1) is 5.92 Å². The minimum atomic E-state index is -0.436. The summed E-state index contributed by atoms with van der Waals surface area (Å²) in [5.41, 5.74) is 0. The van der Waals surface area contributed by atoms with E-state index in [1.165, 1.54) is 44.9 Å². The zero-order valence-electron chi connectivity index (χ0n) is 18.5. The monoisotopic (exact) mass is 411 g/mol. The minimum Gasteiger partial charge on any atom is -0.461 e. The van der Waals surface area contributed by atoms with E-state index in [1.807, 2.05) is 0 Å².